The number of amides is 1. The van der Waals surface area contributed by atoms with Gasteiger partial charge in [0.05, 0.1) is 25.1 Å². The first-order chi connectivity index (χ1) is 9.63. The van der Waals surface area contributed by atoms with E-state index in [0.29, 0.717) is 12.0 Å². The number of allylic oxidation sites excluding steroid dienone is 3. The molecule has 7 nitrogen and oxygen atoms in total. The highest BCUT2D eigenvalue weighted by Crippen LogP contribution is 1.94. The van der Waals surface area contributed by atoms with Gasteiger partial charge in [-0.05, 0) is 18.2 Å². The van der Waals surface area contributed by atoms with Gasteiger partial charge in [-0.15, -0.1) is 0 Å². The number of carbonyl (C=O) groups excluding carboxylic acids is 2. The highest BCUT2D eigenvalue weighted by molar-refractivity contribution is 5.88. The molecular formula is C13H15N3O4. The molecule has 106 valence electrons. The van der Waals surface area contributed by atoms with E-state index >= 15 is 0 Å². The lowest BCUT2D eigenvalue weighted by molar-refractivity contribution is -0.123. The SMILES string of the molecule is C=C/C=C(\O)C=N.O=CCC(=O)N/N=C/c1ccco1. The highest BCUT2D eigenvalue weighted by Gasteiger charge is 1.95. The molecule has 0 radical (unpaired) electrons. The molecule has 1 heterocycles. The molecule has 20 heavy (non-hydrogen) atoms. The Morgan fingerprint density at radius 3 is 2.80 bits per heavy atom. The summed E-state index contributed by atoms with van der Waals surface area (Å²) in [5, 5.41) is 18.4. The number of aliphatic hydroxyl groups is 1. The second kappa shape index (κ2) is 11.1. The van der Waals surface area contributed by atoms with Crippen LogP contribution in [0.5, 0.6) is 0 Å². The predicted octanol–water partition coefficient (Wildman–Crippen LogP) is 1.58. The van der Waals surface area contributed by atoms with Crippen LogP contribution in [0.25, 0.3) is 0 Å². The molecule has 0 saturated carbocycles. The molecule has 0 aromatic carbocycles. The highest BCUT2D eigenvalue weighted by atomic mass is 16.3. The molecule has 0 spiro atoms. The summed E-state index contributed by atoms with van der Waals surface area (Å²) in [5.74, 6) is 0.0132. The number of carbonyl (C=O) groups is 2. The predicted molar refractivity (Wildman–Crippen MR) is 74.8 cm³/mol. The topological polar surface area (TPSA) is 116 Å². The summed E-state index contributed by atoms with van der Waals surface area (Å²) in [6.07, 6.45) is 6.78. The quantitative estimate of drug-likeness (QED) is 0.183. The van der Waals surface area contributed by atoms with Crippen LogP contribution in [0.3, 0.4) is 0 Å². The van der Waals surface area contributed by atoms with Crippen molar-refractivity contribution in [2.45, 2.75) is 6.42 Å². The summed E-state index contributed by atoms with van der Waals surface area (Å²) in [6.45, 7) is 3.31. The molecule has 1 aromatic heterocycles. The molecule has 0 aliphatic heterocycles. The number of hydrazone groups is 1. The fourth-order valence-electron chi connectivity index (χ4n) is 0.823. The molecule has 0 aliphatic carbocycles. The Morgan fingerprint density at radius 2 is 2.35 bits per heavy atom. The van der Waals surface area contributed by atoms with Gasteiger partial charge in [-0.2, -0.15) is 5.10 Å². The second-order valence-electron chi connectivity index (χ2n) is 3.15. The van der Waals surface area contributed by atoms with Crippen molar-refractivity contribution in [3.8, 4) is 0 Å². The van der Waals surface area contributed by atoms with Crippen LogP contribution in [0.1, 0.15) is 12.2 Å². The van der Waals surface area contributed by atoms with Crippen molar-refractivity contribution in [1.29, 1.82) is 5.41 Å². The van der Waals surface area contributed by atoms with Gasteiger partial charge in [-0.3, -0.25) is 4.79 Å². The van der Waals surface area contributed by atoms with Crippen molar-refractivity contribution in [3.05, 3.63) is 48.6 Å². The van der Waals surface area contributed by atoms with E-state index in [1.807, 2.05) is 0 Å². The van der Waals surface area contributed by atoms with Crippen LogP contribution in [-0.4, -0.2) is 29.7 Å². The van der Waals surface area contributed by atoms with E-state index in [1.54, 1.807) is 12.1 Å². The minimum atomic E-state index is -0.446. The molecule has 0 saturated heterocycles. The van der Waals surface area contributed by atoms with Gasteiger partial charge in [0, 0.05) is 0 Å². The molecule has 0 bridgehead atoms. The van der Waals surface area contributed by atoms with Crippen LogP contribution in [0.15, 0.2) is 52.4 Å². The van der Waals surface area contributed by atoms with E-state index in [4.69, 9.17) is 14.9 Å². The summed E-state index contributed by atoms with van der Waals surface area (Å²) >= 11 is 0. The number of hydrogen-bond donors (Lipinski definition) is 3. The lowest BCUT2D eigenvalue weighted by atomic mass is 10.5. The van der Waals surface area contributed by atoms with Crippen molar-refractivity contribution < 1.29 is 19.1 Å². The van der Waals surface area contributed by atoms with Gasteiger partial charge in [-0.1, -0.05) is 12.7 Å². The summed E-state index contributed by atoms with van der Waals surface area (Å²) in [6, 6.07) is 3.39. The van der Waals surface area contributed by atoms with Crippen LogP contribution in [-0.2, 0) is 9.59 Å². The number of nitrogens with one attached hydrogen (secondary N) is 2. The molecule has 0 unspecified atom stereocenters. The van der Waals surface area contributed by atoms with Gasteiger partial charge in [0.15, 0.2) is 0 Å². The van der Waals surface area contributed by atoms with Crippen LogP contribution >= 0.6 is 0 Å². The van der Waals surface area contributed by atoms with Crippen LogP contribution in [0, 0.1) is 5.41 Å². The lowest BCUT2D eigenvalue weighted by Gasteiger charge is -1.91. The Bertz CT molecular complexity index is 490. The molecule has 1 aromatic rings. The number of rotatable bonds is 6. The van der Waals surface area contributed by atoms with E-state index in [0.717, 1.165) is 6.21 Å². The zero-order valence-electron chi connectivity index (χ0n) is 10.7. The van der Waals surface area contributed by atoms with Gasteiger partial charge in [0.1, 0.15) is 17.8 Å². The van der Waals surface area contributed by atoms with E-state index in [1.165, 1.54) is 24.6 Å². The smallest absolute Gasteiger partial charge is 0.247 e. The van der Waals surface area contributed by atoms with E-state index in [-0.39, 0.29) is 12.2 Å². The van der Waals surface area contributed by atoms with Crippen LogP contribution < -0.4 is 5.43 Å². The maximum atomic E-state index is 10.7. The Kier molecular flexibility index (Phi) is 9.50. The zero-order chi connectivity index (χ0) is 15.2. The minimum Gasteiger partial charge on any atom is -0.506 e. The Hall–Kier alpha value is -2.96. The third kappa shape index (κ3) is 9.11. The molecular weight excluding hydrogens is 262 g/mol. The molecule has 0 atom stereocenters. The van der Waals surface area contributed by atoms with Gasteiger partial charge in [0.25, 0.3) is 0 Å². The summed E-state index contributed by atoms with van der Waals surface area (Å²) < 4.78 is 4.91. The molecule has 0 aliphatic rings. The maximum absolute atomic E-state index is 10.7. The van der Waals surface area contributed by atoms with Gasteiger partial charge < -0.3 is 19.7 Å². The van der Waals surface area contributed by atoms with E-state index in [2.05, 4.69) is 17.1 Å². The Labute approximate surface area is 115 Å². The van der Waals surface area contributed by atoms with Crippen LogP contribution in [0.4, 0.5) is 0 Å². The number of aldehydes is 1. The first kappa shape index (κ1) is 17.0. The summed E-state index contributed by atoms with van der Waals surface area (Å²) in [7, 11) is 0. The normalized spacial score (nSPS) is 10.3. The first-order valence-corrected chi connectivity index (χ1v) is 5.45. The average Bonchev–Trinajstić information content (AvgIpc) is 2.93. The fraction of sp³-hybridized carbons (Fsp3) is 0.0769. The van der Waals surface area contributed by atoms with Crippen molar-refractivity contribution in [2.24, 2.45) is 5.10 Å². The van der Waals surface area contributed by atoms with E-state index < -0.39 is 5.91 Å². The fourth-order valence-corrected chi connectivity index (χ4v) is 0.823. The molecule has 3 N–H and O–H groups in total. The average molecular weight is 277 g/mol. The number of hydrogen-bond acceptors (Lipinski definition) is 6. The Balaban J connectivity index is 0.000000441. The third-order valence-electron chi connectivity index (χ3n) is 1.63. The third-order valence-corrected chi connectivity index (χ3v) is 1.63. The Morgan fingerprint density at radius 1 is 1.60 bits per heavy atom. The van der Waals surface area contributed by atoms with Gasteiger partial charge in [0.2, 0.25) is 5.91 Å². The van der Waals surface area contributed by atoms with Gasteiger partial charge >= 0.3 is 0 Å². The lowest BCUT2D eigenvalue weighted by Crippen LogP contribution is -2.17. The van der Waals surface area contributed by atoms with E-state index in [9.17, 15) is 9.59 Å². The van der Waals surface area contributed by atoms with Crippen molar-refractivity contribution >= 4 is 24.6 Å². The second-order valence-corrected chi connectivity index (χ2v) is 3.15. The summed E-state index contributed by atoms with van der Waals surface area (Å²) in [4.78, 5) is 20.6. The number of aliphatic hydroxyl groups excluding tert-OH is 1. The zero-order valence-corrected chi connectivity index (χ0v) is 10.7. The van der Waals surface area contributed by atoms with Crippen molar-refractivity contribution in [1.82, 2.24) is 5.43 Å². The minimum absolute atomic E-state index is 0.0741. The van der Waals surface area contributed by atoms with Crippen LogP contribution in [0.2, 0.25) is 0 Å². The maximum Gasteiger partial charge on any atom is 0.247 e. The largest absolute Gasteiger partial charge is 0.506 e. The monoisotopic (exact) mass is 277 g/mol. The number of nitrogens with zero attached hydrogens (tertiary/aromatic N) is 1. The summed E-state index contributed by atoms with van der Waals surface area (Å²) in [5.41, 5.74) is 2.16. The standard InChI is InChI=1S/C8H8N2O3.C5H7NO/c11-4-3-8(12)10-9-6-7-2-1-5-13-7;1-2-3-5(7)4-6/h1-2,4-6H,3H2,(H,10,12);2-4,6-7H,1H2/b9-6+;5-3-,6-4?. The molecule has 1 rings (SSSR count). The molecule has 7 heteroatoms. The van der Waals surface area contributed by atoms with Crippen molar-refractivity contribution in [3.63, 3.8) is 0 Å². The molecule has 0 fully saturated rings. The van der Waals surface area contributed by atoms with Gasteiger partial charge in [-0.25, -0.2) is 5.43 Å². The molecule has 1 amide bonds. The van der Waals surface area contributed by atoms with Crippen molar-refractivity contribution in [2.75, 3.05) is 0 Å². The first-order valence-electron chi connectivity index (χ1n) is 5.45. The number of furan rings is 1.